The minimum Gasteiger partial charge on any atom is -0.478 e. The number of carbonyl (C=O) groups is 1. The van der Waals surface area contributed by atoms with Crippen LogP contribution in [0.4, 0.5) is 0 Å². The Hall–Kier alpha value is -1.55. The lowest BCUT2D eigenvalue weighted by molar-refractivity contribution is -0.131. The summed E-state index contributed by atoms with van der Waals surface area (Å²) in [5.41, 5.74) is 0.986. The van der Waals surface area contributed by atoms with Crippen LogP contribution in [0.15, 0.2) is 41.6 Å². The molecule has 0 radical (unpaired) electrons. The van der Waals surface area contributed by atoms with Crippen LogP contribution < -0.4 is 0 Å². The van der Waals surface area contributed by atoms with Crippen LogP contribution in [-0.2, 0) is 4.79 Å². The Labute approximate surface area is 92.5 Å². The van der Waals surface area contributed by atoms with Gasteiger partial charge in [-0.3, -0.25) is 0 Å². The molecule has 0 unspecified atom stereocenters. The molecule has 1 aromatic rings. The summed E-state index contributed by atoms with van der Waals surface area (Å²) in [4.78, 5) is 14.4. The number of nitrogens with zero attached hydrogens (tertiary/aromatic N) is 1. The summed E-state index contributed by atoms with van der Waals surface area (Å²) in [6, 6.07) is 3.78. The Kier molecular flexibility index (Phi) is 4.63. The Morgan fingerprint density at radius 1 is 1.53 bits per heavy atom. The zero-order valence-corrected chi connectivity index (χ0v) is 9.07. The highest BCUT2D eigenvalue weighted by Crippen LogP contribution is 2.17. The van der Waals surface area contributed by atoms with E-state index in [1.54, 1.807) is 24.0 Å². The lowest BCUT2D eigenvalue weighted by atomic mass is 10.2. The van der Waals surface area contributed by atoms with Gasteiger partial charge in [-0.25, -0.2) is 9.78 Å². The molecule has 3 nitrogen and oxygen atoms in total. The standard InChI is InChI=1S/C11H11NO2S/c1-15-11-9(6-4-8-12-11)5-2-3-7-10(13)14/h2-8H,1H3,(H,13,14)/b5-2+,7-3+. The van der Waals surface area contributed by atoms with Crippen LogP contribution >= 0.6 is 11.8 Å². The first-order chi connectivity index (χ1) is 7.24. The molecule has 0 atom stereocenters. The molecular formula is C11H11NO2S. The van der Waals surface area contributed by atoms with E-state index in [1.165, 1.54) is 6.08 Å². The lowest BCUT2D eigenvalue weighted by Gasteiger charge is -1.98. The van der Waals surface area contributed by atoms with Gasteiger partial charge in [-0.2, -0.15) is 0 Å². The van der Waals surface area contributed by atoms with E-state index in [0.29, 0.717) is 0 Å². The van der Waals surface area contributed by atoms with Crippen molar-refractivity contribution >= 4 is 23.8 Å². The number of allylic oxidation sites excluding steroid dienone is 2. The molecule has 1 aromatic heterocycles. The van der Waals surface area contributed by atoms with Gasteiger partial charge in [-0.15, -0.1) is 11.8 Å². The highest BCUT2D eigenvalue weighted by atomic mass is 32.2. The normalized spacial score (nSPS) is 11.3. The van der Waals surface area contributed by atoms with Gasteiger partial charge in [0, 0.05) is 17.8 Å². The highest BCUT2D eigenvalue weighted by Gasteiger charge is 1.95. The van der Waals surface area contributed by atoms with Crippen LogP contribution in [0.1, 0.15) is 5.56 Å². The highest BCUT2D eigenvalue weighted by molar-refractivity contribution is 7.98. The Bertz CT molecular complexity index is 399. The van der Waals surface area contributed by atoms with Crippen molar-refractivity contribution in [3.63, 3.8) is 0 Å². The number of thioether (sulfide) groups is 1. The predicted molar refractivity (Wildman–Crippen MR) is 61.8 cm³/mol. The van der Waals surface area contributed by atoms with Gasteiger partial charge >= 0.3 is 5.97 Å². The Balaban J connectivity index is 2.75. The summed E-state index contributed by atoms with van der Waals surface area (Å²) in [7, 11) is 0. The molecule has 0 aromatic carbocycles. The number of hydrogen-bond acceptors (Lipinski definition) is 3. The van der Waals surface area contributed by atoms with Crippen LogP contribution in [0.3, 0.4) is 0 Å². The van der Waals surface area contributed by atoms with E-state index < -0.39 is 5.97 Å². The monoisotopic (exact) mass is 221 g/mol. The number of rotatable bonds is 4. The van der Waals surface area contributed by atoms with Gasteiger partial charge in [0.1, 0.15) is 5.03 Å². The molecule has 15 heavy (non-hydrogen) atoms. The van der Waals surface area contributed by atoms with Gasteiger partial charge in [0.25, 0.3) is 0 Å². The quantitative estimate of drug-likeness (QED) is 0.482. The SMILES string of the molecule is CSc1ncccc1/C=C/C=C/C(=O)O. The fraction of sp³-hybridized carbons (Fsp3) is 0.0909. The number of hydrogen-bond donors (Lipinski definition) is 1. The van der Waals surface area contributed by atoms with Crippen molar-refractivity contribution in [2.24, 2.45) is 0 Å². The van der Waals surface area contributed by atoms with Crippen LogP contribution in [-0.4, -0.2) is 22.3 Å². The largest absolute Gasteiger partial charge is 0.478 e. The molecule has 0 fully saturated rings. The molecule has 0 saturated heterocycles. The van der Waals surface area contributed by atoms with E-state index in [0.717, 1.165) is 16.7 Å². The molecule has 0 saturated carbocycles. The van der Waals surface area contributed by atoms with Crippen molar-refractivity contribution in [3.05, 3.63) is 42.1 Å². The van der Waals surface area contributed by atoms with Crippen molar-refractivity contribution in [2.75, 3.05) is 6.26 Å². The first kappa shape index (κ1) is 11.5. The second kappa shape index (κ2) is 6.03. The topological polar surface area (TPSA) is 50.2 Å². The van der Waals surface area contributed by atoms with Crippen LogP contribution in [0.5, 0.6) is 0 Å². The molecule has 0 aliphatic carbocycles. The van der Waals surface area contributed by atoms with Crippen molar-refractivity contribution in [1.29, 1.82) is 0 Å². The molecule has 0 bridgehead atoms. The molecule has 0 aliphatic heterocycles. The number of pyridine rings is 1. The molecule has 0 aliphatic rings. The van der Waals surface area contributed by atoms with Gasteiger partial charge in [0.15, 0.2) is 0 Å². The Morgan fingerprint density at radius 3 is 3.00 bits per heavy atom. The summed E-state index contributed by atoms with van der Waals surface area (Å²) in [5, 5.41) is 9.30. The summed E-state index contributed by atoms with van der Waals surface area (Å²) < 4.78 is 0. The maximum atomic E-state index is 10.2. The van der Waals surface area contributed by atoms with Crippen LogP contribution in [0, 0.1) is 0 Å². The summed E-state index contributed by atoms with van der Waals surface area (Å²) in [6.07, 6.45) is 9.78. The van der Waals surface area contributed by atoms with E-state index in [1.807, 2.05) is 24.5 Å². The number of aliphatic carboxylic acids is 1. The predicted octanol–water partition coefficient (Wildman–Crippen LogP) is 2.46. The summed E-state index contributed by atoms with van der Waals surface area (Å²) in [5.74, 6) is -0.948. The second-order valence-corrected chi connectivity index (χ2v) is 3.45. The van der Waals surface area contributed by atoms with E-state index in [9.17, 15) is 4.79 Å². The van der Waals surface area contributed by atoms with Gasteiger partial charge in [0.05, 0.1) is 0 Å². The first-order valence-electron chi connectivity index (χ1n) is 4.30. The van der Waals surface area contributed by atoms with Crippen molar-refractivity contribution in [3.8, 4) is 0 Å². The smallest absolute Gasteiger partial charge is 0.328 e. The Morgan fingerprint density at radius 2 is 2.33 bits per heavy atom. The zero-order chi connectivity index (χ0) is 11.1. The van der Waals surface area contributed by atoms with Crippen LogP contribution in [0.2, 0.25) is 0 Å². The van der Waals surface area contributed by atoms with E-state index in [4.69, 9.17) is 5.11 Å². The van der Waals surface area contributed by atoms with Crippen molar-refractivity contribution < 1.29 is 9.90 Å². The average molecular weight is 221 g/mol. The van der Waals surface area contributed by atoms with E-state index >= 15 is 0 Å². The van der Waals surface area contributed by atoms with Gasteiger partial charge in [0.2, 0.25) is 0 Å². The van der Waals surface area contributed by atoms with Crippen LogP contribution in [0.25, 0.3) is 6.08 Å². The zero-order valence-electron chi connectivity index (χ0n) is 8.25. The molecule has 0 spiro atoms. The number of carboxylic acid groups (broad SMARTS) is 1. The van der Waals surface area contributed by atoms with Gasteiger partial charge in [-0.1, -0.05) is 24.3 Å². The first-order valence-corrected chi connectivity index (χ1v) is 5.53. The minimum absolute atomic E-state index is 0.928. The van der Waals surface area contributed by atoms with Gasteiger partial charge in [-0.05, 0) is 12.3 Å². The van der Waals surface area contributed by atoms with Gasteiger partial charge < -0.3 is 5.11 Å². The molecular weight excluding hydrogens is 210 g/mol. The average Bonchev–Trinajstić information content (AvgIpc) is 2.24. The molecule has 1 N–H and O–H groups in total. The molecule has 1 rings (SSSR count). The van der Waals surface area contributed by atoms with E-state index in [2.05, 4.69) is 4.98 Å². The minimum atomic E-state index is -0.948. The molecule has 78 valence electrons. The fourth-order valence-corrected chi connectivity index (χ4v) is 1.54. The molecule has 4 heteroatoms. The third-order valence-corrected chi connectivity index (χ3v) is 2.35. The summed E-state index contributed by atoms with van der Waals surface area (Å²) >= 11 is 1.56. The van der Waals surface area contributed by atoms with Crippen molar-refractivity contribution in [2.45, 2.75) is 5.03 Å². The molecule has 1 heterocycles. The third kappa shape index (κ3) is 3.99. The maximum absolute atomic E-state index is 10.2. The summed E-state index contributed by atoms with van der Waals surface area (Å²) in [6.45, 7) is 0. The third-order valence-electron chi connectivity index (χ3n) is 1.62. The number of carboxylic acids is 1. The van der Waals surface area contributed by atoms with E-state index in [-0.39, 0.29) is 0 Å². The number of aromatic nitrogens is 1. The molecule has 0 amide bonds. The maximum Gasteiger partial charge on any atom is 0.328 e. The second-order valence-electron chi connectivity index (χ2n) is 2.66. The fourth-order valence-electron chi connectivity index (χ4n) is 0.998. The lowest BCUT2D eigenvalue weighted by Crippen LogP contribution is -1.84. The van der Waals surface area contributed by atoms with Crippen molar-refractivity contribution in [1.82, 2.24) is 4.98 Å².